The quantitative estimate of drug-likeness (QED) is 0.662. The minimum absolute atomic E-state index is 0.233. The molecule has 0 aromatic carbocycles. The summed E-state index contributed by atoms with van der Waals surface area (Å²) in [6.45, 7) is 0. The number of carbonyl (C=O) groups excluding carboxylic acids is 1. The van der Waals surface area contributed by atoms with Crippen molar-refractivity contribution in [2.24, 2.45) is 0 Å². The summed E-state index contributed by atoms with van der Waals surface area (Å²) in [7, 11) is 0. The average Bonchev–Trinajstić information content (AvgIpc) is 3.25. The highest BCUT2D eigenvalue weighted by atomic mass is 32.1. The largest absolute Gasteiger partial charge is 0.477 e. The number of thiophene rings is 1. The predicted molar refractivity (Wildman–Crippen MR) is 92.8 cm³/mol. The third kappa shape index (κ3) is 3.41. The van der Waals surface area contributed by atoms with Crippen LogP contribution in [0.5, 0.6) is 0 Å². The highest BCUT2D eigenvalue weighted by Gasteiger charge is 2.23. The first-order chi connectivity index (χ1) is 12.1. The number of anilines is 1. The lowest BCUT2D eigenvalue weighted by molar-refractivity contribution is 0.0702. The molecule has 9 heteroatoms. The van der Waals surface area contributed by atoms with Crippen molar-refractivity contribution < 1.29 is 14.7 Å². The zero-order valence-electron chi connectivity index (χ0n) is 12.9. The van der Waals surface area contributed by atoms with Crippen LogP contribution in [0.15, 0.2) is 30.5 Å². The number of rotatable bonds is 4. The topological polar surface area (TPSA) is 117 Å². The summed E-state index contributed by atoms with van der Waals surface area (Å²) in [5.74, 6) is -0.592. The van der Waals surface area contributed by atoms with E-state index in [1.54, 1.807) is 24.4 Å². The van der Waals surface area contributed by atoms with Gasteiger partial charge in [-0.2, -0.15) is 0 Å². The second kappa shape index (κ2) is 6.10. The zero-order chi connectivity index (χ0) is 17.4. The Morgan fingerprint density at radius 3 is 2.72 bits per heavy atom. The van der Waals surface area contributed by atoms with Crippen LogP contribution in [-0.2, 0) is 0 Å². The van der Waals surface area contributed by atoms with Crippen LogP contribution >= 0.6 is 11.3 Å². The molecule has 3 N–H and O–H groups in total. The Bertz CT molecular complexity index is 983. The van der Waals surface area contributed by atoms with Gasteiger partial charge in [0.05, 0.1) is 11.1 Å². The third-order valence-electron chi connectivity index (χ3n) is 3.63. The number of aromatic carboxylic acids is 1. The zero-order valence-corrected chi connectivity index (χ0v) is 13.7. The van der Waals surface area contributed by atoms with Crippen LogP contribution in [0.2, 0.25) is 0 Å². The van der Waals surface area contributed by atoms with Crippen LogP contribution in [0.4, 0.5) is 10.6 Å². The number of pyridine rings is 1. The summed E-state index contributed by atoms with van der Waals surface area (Å²) < 4.78 is 0. The van der Waals surface area contributed by atoms with Crippen LogP contribution in [0, 0.1) is 0 Å². The second-order valence-corrected chi connectivity index (χ2v) is 6.72. The number of amides is 2. The molecule has 0 atom stereocenters. The van der Waals surface area contributed by atoms with Gasteiger partial charge in [-0.05, 0) is 37.1 Å². The van der Waals surface area contributed by atoms with Gasteiger partial charge in [0.25, 0.3) is 0 Å². The molecule has 0 aliphatic heterocycles. The lowest BCUT2D eigenvalue weighted by Crippen LogP contribution is -2.30. The summed E-state index contributed by atoms with van der Waals surface area (Å²) in [5, 5.41) is 14.5. The fourth-order valence-corrected chi connectivity index (χ4v) is 3.04. The van der Waals surface area contributed by atoms with Gasteiger partial charge in [0.15, 0.2) is 5.65 Å². The van der Waals surface area contributed by atoms with Crippen molar-refractivity contribution >= 4 is 40.3 Å². The molecule has 3 aromatic rings. The van der Waals surface area contributed by atoms with Crippen LogP contribution in [0.1, 0.15) is 22.5 Å². The molecular formula is C16H13N5O3S. The van der Waals surface area contributed by atoms with E-state index in [1.165, 1.54) is 6.07 Å². The number of carboxylic acids is 1. The number of aromatic nitrogens is 3. The van der Waals surface area contributed by atoms with Crippen molar-refractivity contribution in [3.8, 4) is 10.6 Å². The number of nitrogens with one attached hydrogen (secondary N) is 2. The fourth-order valence-electron chi connectivity index (χ4n) is 2.24. The Balaban J connectivity index is 1.61. The van der Waals surface area contributed by atoms with E-state index in [4.69, 9.17) is 5.11 Å². The maximum Gasteiger partial charge on any atom is 0.345 e. The normalized spacial score (nSPS) is 13.6. The molecule has 1 fully saturated rings. The third-order valence-corrected chi connectivity index (χ3v) is 4.73. The molecule has 126 valence electrons. The Kier molecular flexibility index (Phi) is 3.77. The molecular weight excluding hydrogens is 342 g/mol. The van der Waals surface area contributed by atoms with E-state index >= 15 is 0 Å². The van der Waals surface area contributed by atoms with Crippen molar-refractivity contribution in [3.63, 3.8) is 0 Å². The number of urea groups is 1. The summed E-state index contributed by atoms with van der Waals surface area (Å²) in [6.07, 6.45) is 3.59. The summed E-state index contributed by atoms with van der Waals surface area (Å²) in [6, 6.07) is 6.58. The second-order valence-electron chi connectivity index (χ2n) is 5.64. The maximum absolute atomic E-state index is 11.8. The van der Waals surface area contributed by atoms with E-state index in [-0.39, 0.29) is 17.0 Å². The monoisotopic (exact) mass is 355 g/mol. The first-order valence-corrected chi connectivity index (χ1v) is 8.45. The number of hydrogen-bond donors (Lipinski definition) is 3. The first-order valence-electron chi connectivity index (χ1n) is 7.63. The lowest BCUT2D eigenvalue weighted by Gasteiger charge is -2.06. The van der Waals surface area contributed by atoms with Crippen LogP contribution in [-0.4, -0.2) is 38.1 Å². The Labute approximate surface area is 146 Å². The van der Waals surface area contributed by atoms with Gasteiger partial charge in [0.1, 0.15) is 21.9 Å². The fraction of sp³-hybridized carbons (Fsp3) is 0.188. The molecule has 8 nitrogen and oxygen atoms in total. The Morgan fingerprint density at radius 1 is 1.16 bits per heavy atom. The highest BCUT2D eigenvalue weighted by molar-refractivity contribution is 7.17. The van der Waals surface area contributed by atoms with E-state index in [9.17, 15) is 9.59 Å². The first kappa shape index (κ1) is 15.5. The molecule has 4 rings (SSSR count). The summed E-state index contributed by atoms with van der Waals surface area (Å²) in [4.78, 5) is 36.8. The molecule has 0 saturated heterocycles. The molecule has 1 aliphatic carbocycles. The van der Waals surface area contributed by atoms with Crippen LogP contribution < -0.4 is 10.6 Å². The van der Waals surface area contributed by atoms with E-state index in [0.29, 0.717) is 27.6 Å². The van der Waals surface area contributed by atoms with E-state index < -0.39 is 5.97 Å². The molecule has 1 aliphatic rings. The molecule has 25 heavy (non-hydrogen) atoms. The molecule has 3 heterocycles. The molecule has 0 spiro atoms. The van der Waals surface area contributed by atoms with Crippen LogP contribution in [0.3, 0.4) is 0 Å². The summed E-state index contributed by atoms with van der Waals surface area (Å²) in [5.41, 5.74) is 1.51. The molecule has 3 aromatic heterocycles. The lowest BCUT2D eigenvalue weighted by atomic mass is 10.3. The smallest absolute Gasteiger partial charge is 0.345 e. The number of carboxylic acid groups (broad SMARTS) is 1. The van der Waals surface area contributed by atoms with E-state index in [2.05, 4.69) is 25.6 Å². The van der Waals surface area contributed by atoms with E-state index in [0.717, 1.165) is 24.2 Å². The van der Waals surface area contributed by atoms with Gasteiger partial charge in [0, 0.05) is 6.04 Å². The molecule has 0 bridgehead atoms. The number of hydrogen-bond acceptors (Lipinski definition) is 6. The molecule has 2 amide bonds. The Hall–Kier alpha value is -3.07. The van der Waals surface area contributed by atoms with Gasteiger partial charge in [-0.15, -0.1) is 11.3 Å². The minimum atomic E-state index is -0.976. The van der Waals surface area contributed by atoms with Crippen molar-refractivity contribution in [3.05, 3.63) is 35.3 Å². The van der Waals surface area contributed by atoms with Gasteiger partial charge in [-0.25, -0.2) is 19.6 Å². The van der Waals surface area contributed by atoms with Gasteiger partial charge in [-0.1, -0.05) is 0 Å². The van der Waals surface area contributed by atoms with Gasteiger partial charge in [0.2, 0.25) is 0 Å². The number of fused-ring (bicyclic) bond motifs is 1. The minimum Gasteiger partial charge on any atom is -0.477 e. The summed E-state index contributed by atoms with van der Waals surface area (Å²) >= 11 is 1.12. The van der Waals surface area contributed by atoms with Gasteiger partial charge >= 0.3 is 12.0 Å². The number of nitrogens with zero attached hydrogens (tertiary/aromatic N) is 3. The van der Waals surface area contributed by atoms with Gasteiger partial charge < -0.3 is 10.4 Å². The van der Waals surface area contributed by atoms with E-state index in [1.807, 2.05) is 0 Å². The highest BCUT2D eigenvalue weighted by Crippen LogP contribution is 2.27. The van der Waals surface area contributed by atoms with Gasteiger partial charge in [-0.3, -0.25) is 10.3 Å². The van der Waals surface area contributed by atoms with Crippen LogP contribution in [0.25, 0.3) is 21.7 Å². The van der Waals surface area contributed by atoms with Crippen molar-refractivity contribution in [2.45, 2.75) is 18.9 Å². The standard InChI is InChI=1S/C16H13N5O3S/c22-15(23)12-5-4-11(25-12)10-7-17-9-3-6-13(20-14(9)19-10)21-16(24)18-8-1-2-8/h3-8H,1-2H2,(H,22,23)(H2,18,19,20,21,24). The Morgan fingerprint density at radius 2 is 2.00 bits per heavy atom. The molecule has 1 saturated carbocycles. The SMILES string of the molecule is O=C(Nc1ccc2ncc(-c3ccc(C(=O)O)s3)nc2n1)NC1CC1. The van der Waals surface area contributed by atoms with Crippen molar-refractivity contribution in [1.29, 1.82) is 0 Å². The predicted octanol–water partition coefficient (Wildman–Crippen LogP) is 2.74. The maximum atomic E-state index is 11.8. The van der Waals surface area contributed by atoms with Crippen molar-refractivity contribution in [1.82, 2.24) is 20.3 Å². The average molecular weight is 355 g/mol. The number of carbonyl (C=O) groups is 2. The molecule has 0 radical (unpaired) electrons. The molecule has 0 unspecified atom stereocenters. The van der Waals surface area contributed by atoms with Crippen molar-refractivity contribution in [2.75, 3.05) is 5.32 Å².